The number of carboxylic acid groups (broad SMARTS) is 1. The van der Waals surface area contributed by atoms with Gasteiger partial charge in [-0.05, 0) is 65.9 Å². The molecule has 162 valence electrons. The van der Waals surface area contributed by atoms with Crippen LogP contribution in [0.1, 0.15) is 35.2 Å². The Balaban J connectivity index is 1.47. The first-order valence-corrected chi connectivity index (χ1v) is 11.1. The van der Waals surface area contributed by atoms with Crippen LogP contribution in [0.2, 0.25) is 0 Å². The van der Waals surface area contributed by atoms with Crippen molar-refractivity contribution < 1.29 is 9.90 Å². The minimum Gasteiger partial charge on any atom is -0.478 e. The highest BCUT2D eigenvalue weighted by Gasteiger charge is 2.17. The second kappa shape index (κ2) is 8.55. The topological polar surface area (TPSA) is 71.2 Å². The van der Waals surface area contributed by atoms with Crippen LogP contribution in [0.15, 0.2) is 60.7 Å². The third kappa shape index (κ3) is 3.89. The summed E-state index contributed by atoms with van der Waals surface area (Å²) in [6.07, 6.45) is 3.90. The van der Waals surface area contributed by atoms with E-state index in [2.05, 4.69) is 63.7 Å². The first-order chi connectivity index (χ1) is 15.6. The van der Waals surface area contributed by atoms with E-state index < -0.39 is 5.97 Å². The van der Waals surface area contributed by atoms with Gasteiger partial charge in [0.25, 0.3) is 0 Å². The molecule has 0 radical (unpaired) electrons. The lowest BCUT2D eigenvalue weighted by Gasteiger charge is -2.27. The summed E-state index contributed by atoms with van der Waals surface area (Å²) in [6, 6.07) is 20.5. The Morgan fingerprint density at radius 2 is 1.66 bits per heavy atom. The van der Waals surface area contributed by atoms with Gasteiger partial charge in [-0.3, -0.25) is 4.90 Å². The third-order valence-electron chi connectivity index (χ3n) is 6.32. The van der Waals surface area contributed by atoms with E-state index in [1.807, 2.05) is 6.07 Å². The molecule has 0 aliphatic carbocycles. The van der Waals surface area contributed by atoms with Gasteiger partial charge in [-0.25, -0.2) is 9.48 Å². The predicted molar refractivity (Wildman–Crippen MR) is 125 cm³/mol. The van der Waals surface area contributed by atoms with Crippen LogP contribution in [0.5, 0.6) is 0 Å². The van der Waals surface area contributed by atoms with Gasteiger partial charge in [0.05, 0.1) is 5.56 Å². The van der Waals surface area contributed by atoms with Gasteiger partial charge < -0.3 is 5.11 Å². The Labute approximate surface area is 187 Å². The molecular formula is C26H26N4O2. The van der Waals surface area contributed by atoms with E-state index in [4.69, 9.17) is 0 Å². The van der Waals surface area contributed by atoms with Gasteiger partial charge in [0.2, 0.25) is 0 Å². The normalized spacial score (nSPS) is 14.7. The van der Waals surface area contributed by atoms with Crippen molar-refractivity contribution in [3.05, 3.63) is 71.8 Å². The zero-order chi connectivity index (χ0) is 22.1. The van der Waals surface area contributed by atoms with Crippen molar-refractivity contribution >= 4 is 17.0 Å². The molecule has 6 nitrogen and oxygen atoms in total. The van der Waals surface area contributed by atoms with Gasteiger partial charge >= 0.3 is 5.97 Å². The summed E-state index contributed by atoms with van der Waals surface area (Å²) in [5.74, 6) is -0.981. The van der Waals surface area contributed by atoms with Crippen molar-refractivity contribution in [1.29, 1.82) is 0 Å². The maximum absolute atomic E-state index is 11.8. The minimum atomic E-state index is -0.981. The number of aromatic nitrogens is 3. The standard InChI is InChI=1S/C26H26N4O2/c1-29-25-23(26(31)32)15-21(16-24(25)27-28-29)18-9-11-19(12-10-18)22-8-4-3-7-20(22)17-30-13-5-2-6-14-30/h3-4,7-12,15-16H,2,5-6,13-14,17H2,1H3,(H,31,32). The van der Waals surface area contributed by atoms with E-state index >= 15 is 0 Å². The first-order valence-electron chi connectivity index (χ1n) is 11.1. The van der Waals surface area contributed by atoms with Gasteiger partial charge in [-0.15, -0.1) is 5.10 Å². The van der Waals surface area contributed by atoms with Crippen molar-refractivity contribution in [2.75, 3.05) is 13.1 Å². The van der Waals surface area contributed by atoms with E-state index in [0.717, 1.165) is 17.7 Å². The molecule has 4 aromatic rings. The SMILES string of the molecule is Cn1nnc2cc(-c3ccc(-c4ccccc4CN4CCCCC4)cc3)cc(C(=O)O)c21. The number of hydrogen-bond acceptors (Lipinski definition) is 4. The highest BCUT2D eigenvalue weighted by molar-refractivity contribution is 6.03. The lowest BCUT2D eigenvalue weighted by atomic mass is 9.95. The Morgan fingerprint density at radius 1 is 0.938 bits per heavy atom. The molecule has 1 aliphatic heterocycles. The lowest BCUT2D eigenvalue weighted by molar-refractivity contribution is 0.0698. The number of piperidine rings is 1. The van der Waals surface area contributed by atoms with Crippen LogP contribution < -0.4 is 0 Å². The molecule has 0 amide bonds. The van der Waals surface area contributed by atoms with Crippen LogP contribution in [-0.2, 0) is 13.6 Å². The molecule has 1 aliphatic rings. The fraction of sp³-hybridized carbons (Fsp3) is 0.269. The summed E-state index contributed by atoms with van der Waals surface area (Å²) in [5.41, 5.74) is 6.86. The number of aryl methyl sites for hydroxylation is 1. The number of benzene rings is 3. The molecule has 5 rings (SSSR count). The lowest BCUT2D eigenvalue weighted by Crippen LogP contribution is -2.29. The number of fused-ring (bicyclic) bond motifs is 1. The summed E-state index contributed by atoms with van der Waals surface area (Å²) in [6.45, 7) is 3.32. The van der Waals surface area contributed by atoms with Gasteiger partial charge in [0, 0.05) is 13.6 Å². The second-order valence-electron chi connectivity index (χ2n) is 8.48. The number of aromatic carboxylic acids is 1. The Morgan fingerprint density at radius 3 is 2.41 bits per heavy atom. The van der Waals surface area contributed by atoms with Crippen LogP contribution in [0.25, 0.3) is 33.3 Å². The first kappa shape index (κ1) is 20.4. The zero-order valence-corrected chi connectivity index (χ0v) is 18.2. The van der Waals surface area contributed by atoms with Crippen LogP contribution in [0.3, 0.4) is 0 Å². The summed E-state index contributed by atoms with van der Waals surface area (Å²) in [4.78, 5) is 14.4. The molecule has 0 saturated carbocycles. The highest BCUT2D eigenvalue weighted by Crippen LogP contribution is 2.31. The Kier molecular flexibility index (Phi) is 5.45. The largest absolute Gasteiger partial charge is 0.478 e. The quantitative estimate of drug-likeness (QED) is 0.487. The molecule has 2 heterocycles. The van der Waals surface area contributed by atoms with Crippen LogP contribution in [0, 0.1) is 0 Å². The fourth-order valence-corrected chi connectivity index (χ4v) is 4.67. The zero-order valence-electron chi connectivity index (χ0n) is 18.2. The minimum absolute atomic E-state index is 0.209. The number of carbonyl (C=O) groups is 1. The van der Waals surface area contributed by atoms with Gasteiger partial charge in [0.1, 0.15) is 11.0 Å². The monoisotopic (exact) mass is 426 g/mol. The molecule has 0 spiro atoms. The third-order valence-corrected chi connectivity index (χ3v) is 6.32. The van der Waals surface area contributed by atoms with E-state index in [1.165, 1.54) is 53.7 Å². The van der Waals surface area contributed by atoms with Crippen molar-refractivity contribution in [3.63, 3.8) is 0 Å². The maximum atomic E-state index is 11.8. The van der Waals surface area contributed by atoms with Crippen molar-refractivity contribution in [1.82, 2.24) is 19.9 Å². The second-order valence-corrected chi connectivity index (χ2v) is 8.48. The molecule has 1 N–H and O–H groups in total. The molecule has 32 heavy (non-hydrogen) atoms. The smallest absolute Gasteiger partial charge is 0.337 e. The Hall–Kier alpha value is -3.51. The Bertz CT molecular complexity index is 1270. The number of rotatable bonds is 5. The summed E-state index contributed by atoms with van der Waals surface area (Å²) in [7, 11) is 1.71. The van der Waals surface area contributed by atoms with Crippen LogP contribution in [0.4, 0.5) is 0 Å². The average Bonchev–Trinajstić information content (AvgIpc) is 3.20. The molecule has 0 bridgehead atoms. The van der Waals surface area contributed by atoms with E-state index in [1.54, 1.807) is 13.1 Å². The highest BCUT2D eigenvalue weighted by atomic mass is 16.4. The average molecular weight is 427 g/mol. The fourth-order valence-electron chi connectivity index (χ4n) is 4.67. The number of carboxylic acids is 1. The van der Waals surface area contributed by atoms with E-state index in [-0.39, 0.29) is 5.56 Å². The predicted octanol–water partition coefficient (Wildman–Crippen LogP) is 4.99. The molecule has 1 fully saturated rings. The number of likely N-dealkylation sites (tertiary alicyclic amines) is 1. The van der Waals surface area contributed by atoms with Gasteiger partial charge in [-0.1, -0.05) is 60.2 Å². The molecule has 3 aromatic carbocycles. The molecule has 6 heteroatoms. The molecule has 1 saturated heterocycles. The molecular weight excluding hydrogens is 400 g/mol. The maximum Gasteiger partial charge on any atom is 0.337 e. The van der Waals surface area contributed by atoms with Gasteiger partial charge in [-0.2, -0.15) is 0 Å². The van der Waals surface area contributed by atoms with E-state index in [9.17, 15) is 9.90 Å². The number of nitrogens with zero attached hydrogens (tertiary/aromatic N) is 4. The van der Waals surface area contributed by atoms with Crippen molar-refractivity contribution in [2.24, 2.45) is 7.05 Å². The van der Waals surface area contributed by atoms with Crippen LogP contribution >= 0.6 is 0 Å². The molecule has 1 aromatic heterocycles. The molecule has 0 unspecified atom stereocenters. The van der Waals surface area contributed by atoms with Crippen molar-refractivity contribution in [3.8, 4) is 22.3 Å². The van der Waals surface area contributed by atoms with Crippen molar-refractivity contribution in [2.45, 2.75) is 25.8 Å². The summed E-state index contributed by atoms with van der Waals surface area (Å²) in [5, 5.41) is 17.8. The van der Waals surface area contributed by atoms with E-state index in [0.29, 0.717) is 11.0 Å². The number of hydrogen-bond donors (Lipinski definition) is 1. The van der Waals surface area contributed by atoms with Gasteiger partial charge in [0.15, 0.2) is 0 Å². The molecule has 0 atom stereocenters. The summed E-state index contributed by atoms with van der Waals surface area (Å²) < 4.78 is 1.50. The summed E-state index contributed by atoms with van der Waals surface area (Å²) >= 11 is 0. The van der Waals surface area contributed by atoms with Crippen LogP contribution in [-0.4, -0.2) is 44.1 Å².